The van der Waals surface area contributed by atoms with E-state index in [9.17, 15) is 13.2 Å². The van der Waals surface area contributed by atoms with Crippen molar-refractivity contribution in [1.82, 2.24) is 15.5 Å². The molecule has 1 aromatic carbocycles. The summed E-state index contributed by atoms with van der Waals surface area (Å²) >= 11 is 0. The first-order chi connectivity index (χ1) is 11.4. The van der Waals surface area contributed by atoms with Crippen molar-refractivity contribution >= 4 is 33.8 Å². The molecule has 1 saturated heterocycles. The number of hydrogen-bond donors (Lipinski definition) is 3. The zero-order valence-electron chi connectivity index (χ0n) is 13.8. The third-order valence-electron chi connectivity index (χ3n) is 4.49. The van der Waals surface area contributed by atoms with Crippen LogP contribution in [0.3, 0.4) is 0 Å². The Morgan fingerprint density at radius 1 is 1.16 bits per heavy atom. The van der Waals surface area contributed by atoms with Crippen molar-refractivity contribution in [2.75, 3.05) is 24.7 Å². The number of hydrogen-bond acceptors (Lipinski definition) is 5. The van der Waals surface area contributed by atoms with E-state index in [4.69, 9.17) is 0 Å². The van der Waals surface area contributed by atoms with E-state index in [-0.39, 0.29) is 25.2 Å². The number of piperidine rings is 1. The van der Waals surface area contributed by atoms with Gasteiger partial charge >= 0.3 is 0 Å². The van der Waals surface area contributed by atoms with Gasteiger partial charge in [-0.3, -0.25) is 9.89 Å². The number of carbonyl (C=O) groups is 1. The molecule has 1 aromatic heterocycles. The van der Waals surface area contributed by atoms with Gasteiger partial charge in [0, 0.05) is 18.1 Å². The lowest BCUT2D eigenvalue weighted by Gasteiger charge is -2.34. The molecule has 0 bridgehead atoms. The third kappa shape index (κ3) is 3.86. The number of amides is 1. The molecule has 0 saturated carbocycles. The van der Waals surface area contributed by atoms with Crippen LogP contribution in [0.5, 0.6) is 0 Å². The largest absolute Gasteiger partial charge is 0.325 e. The molecule has 2 aromatic rings. The molecule has 1 amide bonds. The summed E-state index contributed by atoms with van der Waals surface area (Å²) in [6.07, 6.45) is 3.37. The number of anilines is 1. The molecule has 0 radical (unpaired) electrons. The number of aromatic amines is 1. The van der Waals surface area contributed by atoms with E-state index in [2.05, 4.69) is 20.8 Å². The van der Waals surface area contributed by atoms with Crippen molar-refractivity contribution in [3.63, 3.8) is 0 Å². The Bertz CT molecular complexity index is 814. The van der Waals surface area contributed by atoms with E-state index < -0.39 is 20.5 Å². The first-order valence-corrected chi connectivity index (χ1v) is 9.63. The van der Waals surface area contributed by atoms with Crippen LogP contribution in [0.4, 0.5) is 5.69 Å². The van der Waals surface area contributed by atoms with Gasteiger partial charge in [-0.15, -0.1) is 12.4 Å². The summed E-state index contributed by atoms with van der Waals surface area (Å²) in [4.78, 5) is 12.7. The quantitative estimate of drug-likeness (QED) is 0.742. The van der Waals surface area contributed by atoms with Gasteiger partial charge in [0.15, 0.2) is 14.6 Å². The molecule has 0 spiro atoms. The van der Waals surface area contributed by atoms with Gasteiger partial charge in [-0.1, -0.05) is 12.1 Å². The van der Waals surface area contributed by atoms with Gasteiger partial charge in [0.1, 0.15) is 0 Å². The SMILES string of the molecule is CS(=O)(=O)C1(C(=O)Nc2ccc(-c3ccn[nH]3)cc2)CCNCC1.Cl. The highest BCUT2D eigenvalue weighted by atomic mass is 35.5. The van der Waals surface area contributed by atoms with Gasteiger partial charge in [0.2, 0.25) is 5.91 Å². The fourth-order valence-electron chi connectivity index (χ4n) is 2.99. The van der Waals surface area contributed by atoms with E-state index in [0.717, 1.165) is 17.5 Å². The third-order valence-corrected chi connectivity index (χ3v) is 6.50. The lowest BCUT2D eigenvalue weighted by atomic mass is 9.95. The highest BCUT2D eigenvalue weighted by Crippen LogP contribution is 2.29. The van der Waals surface area contributed by atoms with E-state index in [1.54, 1.807) is 18.3 Å². The molecule has 7 nitrogen and oxygen atoms in total. The van der Waals surface area contributed by atoms with Crippen LogP contribution < -0.4 is 10.6 Å². The second-order valence-corrected chi connectivity index (χ2v) is 8.34. The van der Waals surface area contributed by atoms with Crippen LogP contribution in [-0.4, -0.2) is 48.6 Å². The zero-order valence-corrected chi connectivity index (χ0v) is 15.4. The topological polar surface area (TPSA) is 104 Å². The number of nitrogens with zero attached hydrogens (tertiary/aromatic N) is 1. The first-order valence-electron chi connectivity index (χ1n) is 7.74. The summed E-state index contributed by atoms with van der Waals surface area (Å²) in [5.41, 5.74) is 2.38. The van der Waals surface area contributed by atoms with Crippen molar-refractivity contribution in [3.8, 4) is 11.3 Å². The fraction of sp³-hybridized carbons (Fsp3) is 0.375. The highest BCUT2D eigenvalue weighted by molar-refractivity contribution is 7.92. The van der Waals surface area contributed by atoms with Gasteiger partial charge in [0.25, 0.3) is 0 Å². The van der Waals surface area contributed by atoms with E-state index >= 15 is 0 Å². The first kappa shape index (κ1) is 19.4. The molecule has 3 N–H and O–H groups in total. The maximum Gasteiger partial charge on any atom is 0.245 e. The Kier molecular flexibility index (Phi) is 5.87. The molecule has 1 fully saturated rings. The molecule has 0 aliphatic carbocycles. The van der Waals surface area contributed by atoms with Crippen LogP contribution in [-0.2, 0) is 14.6 Å². The van der Waals surface area contributed by atoms with Crippen LogP contribution in [0.15, 0.2) is 36.5 Å². The number of sulfone groups is 1. The summed E-state index contributed by atoms with van der Waals surface area (Å²) in [5, 5.41) is 12.6. The molecule has 3 rings (SSSR count). The summed E-state index contributed by atoms with van der Waals surface area (Å²) in [5.74, 6) is -0.458. The van der Waals surface area contributed by atoms with Crippen molar-refractivity contribution in [2.45, 2.75) is 17.6 Å². The molecule has 2 heterocycles. The zero-order chi connectivity index (χ0) is 17.2. The molecular formula is C16H21ClN4O3S. The number of nitrogens with one attached hydrogen (secondary N) is 3. The van der Waals surface area contributed by atoms with Crippen LogP contribution >= 0.6 is 12.4 Å². The molecule has 25 heavy (non-hydrogen) atoms. The van der Waals surface area contributed by atoms with Gasteiger partial charge in [-0.25, -0.2) is 8.42 Å². The van der Waals surface area contributed by atoms with Gasteiger partial charge in [-0.2, -0.15) is 5.10 Å². The number of carbonyl (C=O) groups excluding carboxylic acids is 1. The van der Waals surface area contributed by atoms with Gasteiger partial charge in [0.05, 0.1) is 5.69 Å². The number of halogens is 1. The number of aromatic nitrogens is 2. The molecule has 9 heteroatoms. The Morgan fingerprint density at radius 3 is 2.32 bits per heavy atom. The minimum atomic E-state index is -3.52. The predicted molar refractivity (Wildman–Crippen MR) is 99.6 cm³/mol. The molecule has 136 valence electrons. The summed E-state index contributed by atoms with van der Waals surface area (Å²) in [6, 6.07) is 9.05. The molecular weight excluding hydrogens is 364 g/mol. The second kappa shape index (κ2) is 7.55. The molecule has 0 atom stereocenters. The van der Waals surface area contributed by atoms with Crippen LogP contribution in [0.25, 0.3) is 11.3 Å². The number of H-pyrrole nitrogens is 1. The highest BCUT2D eigenvalue weighted by Gasteiger charge is 2.48. The normalized spacial score (nSPS) is 16.7. The minimum absolute atomic E-state index is 0. The van der Waals surface area contributed by atoms with Gasteiger partial charge < -0.3 is 10.6 Å². The lowest BCUT2D eigenvalue weighted by molar-refractivity contribution is -0.119. The lowest BCUT2D eigenvalue weighted by Crippen LogP contribution is -2.55. The van der Waals surface area contributed by atoms with Crippen molar-refractivity contribution < 1.29 is 13.2 Å². The number of rotatable bonds is 4. The van der Waals surface area contributed by atoms with E-state index in [0.29, 0.717) is 18.8 Å². The fourth-order valence-corrected chi connectivity index (χ4v) is 4.33. The van der Waals surface area contributed by atoms with Crippen LogP contribution in [0.2, 0.25) is 0 Å². The maximum absolute atomic E-state index is 12.7. The number of benzene rings is 1. The van der Waals surface area contributed by atoms with Crippen molar-refractivity contribution in [3.05, 3.63) is 36.5 Å². The predicted octanol–water partition coefficient (Wildman–Crippen LogP) is 1.60. The van der Waals surface area contributed by atoms with Gasteiger partial charge in [-0.05, 0) is 49.7 Å². The summed E-state index contributed by atoms with van der Waals surface area (Å²) < 4.78 is 23.1. The molecule has 0 unspecified atom stereocenters. The smallest absolute Gasteiger partial charge is 0.245 e. The Hall–Kier alpha value is -1.90. The van der Waals surface area contributed by atoms with Crippen molar-refractivity contribution in [2.24, 2.45) is 0 Å². The Labute approximate surface area is 152 Å². The Morgan fingerprint density at radius 2 is 1.80 bits per heavy atom. The van der Waals surface area contributed by atoms with Crippen LogP contribution in [0, 0.1) is 0 Å². The average molecular weight is 385 g/mol. The minimum Gasteiger partial charge on any atom is -0.325 e. The monoisotopic (exact) mass is 384 g/mol. The molecule has 1 aliphatic rings. The molecule has 1 aliphatic heterocycles. The maximum atomic E-state index is 12.7. The van der Waals surface area contributed by atoms with Crippen molar-refractivity contribution in [1.29, 1.82) is 0 Å². The summed E-state index contributed by atoms with van der Waals surface area (Å²) in [6.45, 7) is 1.03. The van der Waals surface area contributed by atoms with Crippen LogP contribution in [0.1, 0.15) is 12.8 Å². The van der Waals surface area contributed by atoms with E-state index in [1.807, 2.05) is 18.2 Å². The average Bonchev–Trinajstić information content (AvgIpc) is 3.09. The summed E-state index contributed by atoms with van der Waals surface area (Å²) in [7, 11) is -3.52. The standard InChI is InChI=1S/C16H20N4O3S.ClH/c1-24(22,23)16(7-10-17-11-8-16)15(21)19-13-4-2-12(3-5-13)14-6-9-18-20-14;/h2-6,9,17H,7-8,10-11H2,1H3,(H,18,20)(H,19,21);1H. The Balaban J connectivity index is 0.00000225. The second-order valence-electron chi connectivity index (χ2n) is 6.02. The van der Waals surface area contributed by atoms with E-state index in [1.165, 1.54) is 0 Å².